The number of aromatic nitrogens is 1. The molecule has 110 valence electrons. The van der Waals surface area contributed by atoms with E-state index in [1.54, 1.807) is 14.0 Å². The molecule has 21 heavy (non-hydrogen) atoms. The second-order valence-corrected chi connectivity index (χ2v) is 6.04. The van der Waals surface area contributed by atoms with Crippen molar-refractivity contribution in [2.24, 2.45) is 7.05 Å². The van der Waals surface area contributed by atoms with E-state index in [0.29, 0.717) is 11.3 Å². The van der Waals surface area contributed by atoms with Crippen LogP contribution in [0.3, 0.4) is 0 Å². The molecule has 0 unspecified atom stereocenters. The number of pyridine rings is 1. The van der Waals surface area contributed by atoms with Crippen molar-refractivity contribution < 1.29 is 4.79 Å². The van der Waals surface area contributed by atoms with E-state index in [0.717, 1.165) is 15.7 Å². The molecule has 4 nitrogen and oxygen atoms in total. The van der Waals surface area contributed by atoms with Gasteiger partial charge in [0.15, 0.2) is 0 Å². The van der Waals surface area contributed by atoms with Crippen molar-refractivity contribution in [3.8, 4) is 0 Å². The predicted octanol–water partition coefficient (Wildman–Crippen LogP) is 3.33. The Labute approximate surface area is 131 Å². The van der Waals surface area contributed by atoms with Crippen LogP contribution in [0.5, 0.6) is 0 Å². The van der Waals surface area contributed by atoms with Crippen LogP contribution in [0.4, 0.5) is 5.69 Å². The van der Waals surface area contributed by atoms with Crippen LogP contribution < -0.4 is 10.9 Å². The van der Waals surface area contributed by atoms with Gasteiger partial charge in [0.2, 0.25) is 0 Å². The van der Waals surface area contributed by atoms with Gasteiger partial charge in [-0.1, -0.05) is 15.9 Å². The highest BCUT2D eigenvalue weighted by molar-refractivity contribution is 9.10. The van der Waals surface area contributed by atoms with Gasteiger partial charge in [0.1, 0.15) is 5.56 Å². The van der Waals surface area contributed by atoms with Gasteiger partial charge in [-0.05, 0) is 56.2 Å². The van der Waals surface area contributed by atoms with Crippen molar-refractivity contribution >= 4 is 27.5 Å². The number of aryl methyl sites for hydroxylation is 3. The van der Waals surface area contributed by atoms with Gasteiger partial charge < -0.3 is 9.88 Å². The van der Waals surface area contributed by atoms with Crippen LogP contribution in [0.1, 0.15) is 27.2 Å². The van der Waals surface area contributed by atoms with Crippen LogP contribution in [0.25, 0.3) is 0 Å². The molecule has 0 aliphatic rings. The molecule has 0 fully saturated rings. The maximum Gasteiger partial charge on any atom is 0.263 e. The van der Waals surface area contributed by atoms with E-state index in [1.165, 1.54) is 4.57 Å². The normalized spacial score (nSPS) is 10.5. The summed E-state index contributed by atoms with van der Waals surface area (Å²) in [4.78, 5) is 24.7. The van der Waals surface area contributed by atoms with E-state index in [4.69, 9.17) is 0 Å². The molecule has 0 saturated carbocycles. The minimum atomic E-state index is -0.376. The smallest absolute Gasteiger partial charge is 0.263 e. The highest BCUT2D eigenvalue weighted by Gasteiger charge is 2.17. The van der Waals surface area contributed by atoms with Crippen molar-refractivity contribution in [2.75, 3.05) is 5.32 Å². The lowest BCUT2D eigenvalue weighted by Crippen LogP contribution is -2.30. The summed E-state index contributed by atoms with van der Waals surface area (Å²) < 4.78 is 2.43. The molecule has 1 amide bonds. The molecule has 2 rings (SSSR count). The Morgan fingerprint density at radius 3 is 2.43 bits per heavy atom. The summed E-state index contributed by atoms with van der Waals surface area (Å²) in [5.41, 5.74) is 3.05. The molecular formula is C16H17BrN2O2. The molecule has 1 aromatic heterocycles. The van der Waals surface area contributed by atoms with E-state index >= 15 is 0 Å². The maximum atomic E-state index is 12.4. The van der Waals surface area contributed by atoms with Crippen molar-refractivity contribution in [3.05, 3.63) is 61.5 Å². The molecule has 0 bridgehead atoms. The highest BCUT2D eigenvalue weighted by Crippen LogP contribution is 2.20. The lowest BCUT2D eigenvalue weighted by atomic mass is 10.1. The lowest BCUT2D eigenvalue weighted by molar-refractivity contribution is 0.102. The molecule has 0 spiro atoms. The first kappa shape index (κ1) is 15.5. The Kier molecular flexibility index (Phi) is 4.32. The molecule has 0 saturated heterocycles. The average molecular weight is 349 g/mol. The summed E-state index contributed by atoms with van der Waals surface area (Å²) in [6, 6.07) is 7.41. The van der Waals surface area contributed by atoms with E-state index in [9.17, 15) is 9.59 Å². The second kappa shape index (κ2) is 5.85. The zero-order valence-corrected chi connectivity index (χ0v) is 14.0. The van der Waals surface area contributed by atoms with Gasteiger partial charge in [0, 0.05) is 22.9 Å². The standard InChI is InChI=1S/C16H17BrN2O2/c1-9-8-12(17)5-6-13(9)18-15(20)14-10(2)7-11(3)19(4)16(14)21/h5-8H,1-4H3,(H,18,20). The first-order valence-corrected chi connectivity index (χ1v) is 7.35. The minimum Gasteiger partial charge on any atom is -0.322 e. The third-order valence-corrected chi connectivity index (χ3v) is 4.02. The number of benzene rings is 1. The number of rotatable bonds is 2. The van der Waals surface area contributed by atoms with Crippen LogP contribution >= 0.6 is 15.9 Å². The van der Waals surface area contributed by atoms with Gasteiger partial charge in [-0.2, -0.15) is 0 Å². The Hall–Kier alpha value is -1.88. The summed E-state index contributed by atoms with van der Waals surface area (Å²) >= 11 is 3.38. The minimum absolute atomic E-state index is 0.186. The Balaban J connectivity index is 2.42. The third kappa shape index (κ3) is 3.08. The van der Waals surface area contributed by atoms with E-state index < -0.39 is 0 Å². The number of hydrogen-bond donors (Lipinski definition) is 1. The van der Waals surface area contributed by atoms with Crippen molar-refractivity contribution in [1.29, 1.82) is 0 Å². The van der Waals surface area contributed by atoms with Crippen molar-refractivity contribution in [2.45, 2.75) is 20.8 Å². The second-order valence-electron chi connectivity index (χ2n) is 5.12. The molecule has 2 aromatic rings. The third-order valence-electron chi connectivity index (χ3n) is 3.53. The molecule has 0 aliphatic carbocycles. The molecule has 1 heterocycles. The number of carbonyl (C=O) groups is 1. The summed E-state index contributed by atoms with van der Waals surface area (Å²) in [5.74, 6) is -0.376. The summed E-state index contributed by atoms with van der Waals surface area (Å²) in [7, 11) is 1.67. The Bertz CT molecular complexity index is 779. The zero-order chi connectivity index (χ0) is 15.7. The Morgan fingerprint density at radius 2 is 1.81 bits per heavy atom. The number of amides is 1. The van der Waals surface area contributed by atoms with Gasteiger partial charge in [0.25, 0.3) is 11.5 Å². The number of anilines is 1. The molecule has 1 aromatic carbocycles. The van der Waals surface area contributed by atoms with Crippen LogP contribution in [0.15, 0.2) is 33.5 Å². The van der Waals surface area contributed by atoms with Gasteiger partial charge in [-0.25, -0.2) is 0 Å². The largest absolute Gasteiger partial charge is 0.322 e. The predicted molar refractivity (Wildman–Crippen MR) is 88.0 cm³/mol. The van der Waals surface area contributed by atoms with Crippen LogP contribution in [-0.4, -0.2) is 10.5 Å². The van der Waals surface area contributed by atoms with Gasteiger partial charge in [-0.3, -0.25) is 9.59 Å². The van der Waals surface area contributed by atoms with Crippen molar-refractivity contribution in [1.82, 2.24) is 4.57 Å². The number of nitrogens with one attached hydrogen (secondary N) is 1. The number of hydrogen-bond acceptors (Lipinski definition) is 2. The summed E-state index contributed by atoms with van der Waals surface area (Å²) in [5, 5.41) is 2.81. The number of nitrogens with zero attached hydrogens (tertiary/aromatic N) is 1. The highest BCUT2D eigenvalue weighted by atomic mass is 79.9. The molecule has 1 N–H and O–H groups in total. The first-order valence-electron chi connectivity index (χ1n) is 6.56. The maximum absolute atomic E-state index is 12.4. The number of halogens is 1. The quantitative estimate of drug-likeness (QED) is 0.904. The van der Waals surface area contributed by atoms with E-state index in [2.05, 4.69) is 21.2 Å². The summed E-state index contributed by atoms with van der Waals surface area (Å²) in [6.07, 6.45) is 0. The zero-order valence-electron chi connectivity index (χ0n) is 12.5. The van der Waals surface area contributed by atoms with Crippen LogP contribution in [0, 0.1) is 20.8 Å². The fourth-order valence-corrected chi connectivity index (χ4v) is 2.68. The lowest BCUT2D eigenvalue weighted by Gasteiger charge is -2.12. The van der Waals surface area contributed by atoms with E-state index in [-0.39, 0.29) is 17.0 Å². The molecule has 0 radical (unpaired) electrons. The molecule has 5 heteroatoms. The fourth-order valence-electron chi connectivity index (χ4n) is 2.21. The van der Waals surface area contributed by atoms with Crippen molar-refractivity contribution in [3.63, 3.8) is 0 Å². The SMILES string of the molecule is Cc1cc(Br)ccc1NC(=O)c1c(C)cc(C)n(C)c1=O. The van der Waals surface area contributed by atoms with Crippen LogP contribution in [-0.2, 0) is 7.05 Å². The number of carbonyl (C=O) groups excluding carboxylic acids is 1. The molecular weight excluding hydrogens is 332 g/mol. The van der Waals surface area contributed by atoms with Gasteiger partial charge in [-0.15, -0.1) is 0 Å². The first-order chi connectivity index (χ1) is 9.81. The van der Waals surface area contributed by atoms with Crippen LogP contribution in [0.2, 0.25) is 0 Å². The monoisotopic (exact) mass is 348 g/mol. The molecule has 0 aliphatic heterocycles. The van der Waals surface area contributed by atoms with Gasteiger partial charge in [0.05, 0.1) is 0 Å². The summed E-state index contributed by atoms with van der Waals surface area (Å²) in [6.45, 7) is 5.52. The molecule has 0 atom stereocenters. The average Bonchev–Trinajstić information content (AvgIpc) is 2.39. The van der Waals surface area contributed by atoms with E-state index in [1.807, 2.05) is 38.1 Å². The van der Waals surface area contributed by atoms with Gasteiger partial charge >= 0.3 is 0 Å². The fraction of sp³-hybridized carbons (Fsp3) is 0.250. The Morgan fingerprint density at radius 1 is 1.14 bits per heavy atom. The topological polar surface area (TPSA) is 51.1 Å².